The first-order valence-electron chi connectivity index (χ1n) is 7.68. The van der Waals surface area contributed by atoms with Crippen molar-refractivity contribution in [3.63, 3.8) is 0 Å². The van der Waals surface area contributed by atoms with Crippen LogP contribution in [0, 0.1) is 0 Å². The van der Waals surface area contributed by atoms with Crippen molar-refractivity contribution < 1.29 is 9.15 Å². The molecule has 0 radical (unpaired) electrons. The lowest BCUT2D eigenvalue weighted by Crippen LogP contribution is -2.23. The molecule has 1 N–H and O–H groups in total. The first-order chi connectivity index (χ1) is 10.3. The van der Waals surface area contributed by atoms with Crippen molar-refractivity contribution in [1.29, 1.82) is 0 Å². The number of hydrogen-bond donors (Lipinski definition) is 1. The molecule has 0 unspecified atom stereocenters. The number of hydrogen-bond acceptors (Lipinski definition) is 4. The van der Waals surface area contributed by atoms with Crippen molar-refractivity contribution >= 4 is 11.0 Å². The fourth-order valence-electron chi connectivity index (χ4n) is 2.58. The highest BCUT2D eigenvalue weighted by Gasteiger charge is 2.22. The van der Waals surface area contributed by atoms with E-state index in [1.165, 1.54) is 23.8 Å². The van der Waals surface area contributed by atoms with Crippen LogP contribution < -0.4 is 5.32 Å². The van der Waals surface area contributed by atoms with Crippen molar-refractivity contribution in [2.45, 2.75) is 32.0 Å². The highest BCUT2D eigenvalue weighted by molar-refractivity contribution is 5.82. The van der Waals surface area contributed by atoms with Crippen molar-refractivity contribution in [2.24, 2.45) is 0 Å². The number of rotatable bonds is 8. The van der Waals surface area contributed by atoms with Crippen LogP contribution in [0.5, 0.6) is 0 Å². The summed E-state index contributed by atoms with van der Waals surface area (Å²) in [7, 11) is 3.84. The zero-order valence-electron chi connectivity index (χ0n) is 12.9. The Kier molecular flexibility index (Phi) is 4.58. The number of fused-ring (bicyclic) bond motifs is 1. The predicted molar refractivity (Wildman–Crippen MR) is 84.3 cm³/mol. The predicted octanol–water partition coefficient (Wildman–Crippen LogP) is 2.76. The first-order valence-corrected chi connectivity index (χ1v) is 7.68. The molecule has 2 aromatic rings. The minimum absolute atomic E-state index is 0.706. The van der Waals surface area contributed by atoms with Crippen LogP contribution in [-0.2, 0) is 17.8 Å². The number of nitrogens with one attached hydrogen (secondary N) is 1. The molecule has 4 heteroatoms. The molecule has 21 heavy (non-hydrogen) atoms. The molecule has 1 fully saturated rings. The Morgan fingerprint density at radius 3 is 2.90 bits per heavy atom. The molecule has 0 spiro atoms. The van der Waals surface area contributed by atoms with Crippen LogP contribution in [0.1, 0.15) is 24.2 Å². The molecule has 0 aliphatic heterocycles. The molecule has 1 aliphatic carbocycles. The topological polar surface area (TPSA) is 37.6 Å². The Bertz CT molecular complexity index is 589. The molecule has 1 aliphatic rings. The fourth-order valence-corrected chi connectivity index (χ4v) is 2.58. The quantitative estimate of drug-likeness (QED) is 0.810. The molecule has 0 saturated heterocycles. The van der Waals surface area contributed by atoms with E-state index < -0.39 is 0 Å². The van der Waals surface area contributed by atoms with Crippen LogP contribution in [0.4, 0.5) is 0 Å². The highest BCUT2D eigenvalue weighted by Crippen LogP contribution is 2.28. The van der Waals surface area contributed by atoms with E-state index in [0.717, 1.165) is 37.6 Å². The van der Waals surface area contributed by atoms with Crippen LogP contribution in [0.25, 0.3) is 11.0 Å². The Morgan fingerprint density at radius 1 is 1.33 bits per heavy atom. The van der Waals surface area contributed by atoms with Gasteiger partial charge >= 0.3 is 0 Å². The molecule has 114 valence electrons. The molecule has 4 nitrogen and oxygen atoms in total. The summed E-state index contributed by atoms with van der Waals surface area (Å²) in [4.78, 5) is 2.24. The summed E-state index contributed by atoms with van der Waals surface area (Å²) in [6, 6.07) is 9.02. The molecule has 0 amide bonds. The summed E-state index contributed by atoms with van der Waals surface area (Å²) in [5.74, 6) is 1.07. The Morgan fingerprint density at radius 2 is 2.14 bits per heavy atom. The van der Waals surface area contributed by atoms with Gasteiger partial charge in [0, 0.05) is 37.2 Å². The normalized spacial score (nSPS) is 15.2. The number of ether oxygens (including phenoxy) is 1. The van der Waals surface area contributed by atoms with E-state index in [0.29, 0.717) is 6.04 Å². The van der Waals surface area contributed by atoms with Gasteiger partial charge in [0.1, 0.15) is 11.3 Å². The molecule has 0 atom stereocenters. The highest BCUT2D eigenvalue weighted by atomic mass is 16.5. The van der Waals surface area contributed by atoms with E-state index in [2.05, 4.69) is 35.5 Å². The van der Waals surface area contributed by atoms with Gasteiger partial charge in [-0.3, -0.25) is 4.90 Å². The van der Waals surface area contributed by atoms with Gasteiger partial charge in [-0.25, -0.2) is 0 Å². The minimum Gasteiger partial charge on any atom is -0.459 e. The summed E-state index contributed by atoms with van der Waals surface area (Å²) in [5.41, 5.74) is 2.29. The van der Waals surface area contributed by atoms with Crippen molar-refractivity contribution in [2.75, 3.05) is 27.3 Å². The van der Waals surface area contributed by atoms with E-state index in [4.69, 9.17) is 9.15 Å². The Labute approximate surface area is 126 Å². The van der Waals surface area contributed by atoms with Crippen LogP contribution in [0.15, 0.2) is 28.7 Å². The number of likely N-dealkylation sites (N-methyl/N-ethyl adjacent to an activating group) is 1. The van der Waals surface area contributed by atoms with E-state index in [1.54, 1.807) is 7.11 Å². The molecular weight excluding hydrogens is 264 g/mol. The monoisotopic (exact) mass is 288 g/mol. The lowest BCUT2D eigenvalue weighted by Gasteiger charge is -2.15. The Balaban J connectivity index is 1.79. The molecule has 1 aromatic heterocycles. The molecular formula is C17H24N2O2. The van der Waals surface area contributed by atoms with Gasteiger partial charge < -0.3 is 14.5 Å². The summed E-state index contributed by atoms with van der Waals surface area (Å²) < 4.78 is 11.2. The van der Waals surface area contributed by atoms with Crippen LogP contribution in [-0.4, -0.2) is 38.3 Å². The number of furan rings is 1. The minimum atomic E-state index is 0.706. The lowest BCUT2D eigenvalue weighted by molar-refractivity contribution is 0.155. The first kappa shape index (κ1) is 14.6. The third-order valence-corrected chi connectivity index (χ3v) is 4.02. The Hall–Kier alpha value is -1.36. The second kappa shape index (κ2) is 6.60. The van der Waals surface area contributed by atoms with Gasteiger partial charge in [-0.15, -0.1) is 0 Å². The van der Waals surface area contributed by atoms with Gasteiger partial charge in [0.25, 0.3) is 0 Å². The maximum Gasteiger partial charge on any atom is 0.134 e. The van der Waals surface area contributed by atoms with Gasteiger partial charge in [0.15, 0.2) is 0 Å². The molecule has 3 rings (SSSR count). The van der Waals surface area contributed by atoms with E-state index in [-0.39, 0.29) is 0 Å². The van der Waals surface area contributed by atoms with Crippen molar-refractivity contribution in [1.82, 2.24) is 10.2 Å². The van der Waals surface area contributed by atoms with Crippen LogP contribution in [0.3, 0.4) is 0 Å². The standard InChI is InChI=1S/C17H24N2O2/c1-19(9-10-20-2)12-17-15(11-18-13-7-8-13)14-5-3-4-6-16(14)21-17/h3-6,13,18H,7-12H2,1-2H3. The average molecular weight is 288 g/mol. The van der Waals surface area contributed by atoms with Gasteiger partial charge in [0.2, 0.25) is 0 Å². The van der Waals surface area contributed by atoms with Crippen LogP contribution in [0.2, 0.25) is 0 Å². The zero-order chi connectivity index (χ0) is 14.7. The van der Waals surface area contributed by atoms with Gasteiger partial charge in [-0.1, -0.05) is 18.2 Å². The maximum absolute atomic E-state index is 6.08. The molecule has 1 heterocycles. The SMILES string of the molecule is COCCN(C)Cc1oc2ccccc2c1CNC1CC1. The molecule has 1 saturated carbocycles. The number of nitrogens with zero attached hydrogens (tertiary/aromatic N) is 1. The summed E-state index contributed by atoms with van der Waals surface area (Å²) in [6.07, 6.45) is 2.61. The zero-order valence-corrected chi connectivity index (χ0v) is 12.9. The molecule has 1 aromatic carbocycles. The second-order valence-corrected chi connectivity index (χ2v) is 5.89. The largest absolute Gasteiger partial charge is 0.459 e. The molecule has 0 bridgehead atoms. The van der Waals surface area contributed by atoms with E-state index in [9.17, 15) is 0 Å². The summed E-state index contributed by atoms with van der Waals surface area (Å²) in [5, 5.41) is 4.84. The van der Waals surface area contributed by atoms with Gasteiger partial charge in [0.05, 0.1) is 13.2 Å². The second-order valence-electron chi connectivity index (χ2n) is 5.89. The van der Waals surface area contributed by atoms with Crippen LogP contribution >= 0.6 is 0 Å². The number of para-hydroxylation sites is 1. The van der Waals surface area contributed by atoms with Gasteiger partial charge in [-0.2, -0.15) is 0 Å². The fraction of sp³-hybridized carbons (Fsp3) is 0.529. The van der Waals surface area contributed by atoms with E-state index >= 15 is 0 Å². The van der Waals surface area contributed by atoms with Crippen molar-refractivity contribution in [3.05, 3.63) is 35.6 Å². The third-order valence-electron chi connectivity index (χ3n) is 4.02. The lowest BCUT2D eigenvalue weighted by atomic mass is 10.1. The van der Waals surface area contributed by atoms with E-state index in [1.807, 2.05) is 6.07 Å². The number of benzene rings is 1. The number of methoxy groups -OCH3 is 1. The van der Waals surface area contributed by atoms with Gasteiger partial charge in [-0.05, 0) is 26.0 Å². The summed E-state index contributed by atoms with van der Waals surface area (Å²) >= 11 is 0. The average Bonchev–Trinajstić information content (AvgIpc) is 3.25. The maximum atomic E-state index is 6.08. The third kappa shape index (κ3) is 3.64. The van der Waals surface area contributed by atoms with Crippen molar-refractivity contribution in [3.8, 4) is 0 Å². The smallest absolute Gasteiger partial charge is 0.134 e. The summed E-state index contributed by atoms with van der Waals surface area (Å²) in [6.45, 7) is 3.37.